The summed E-state index contributed by atoms with van der Waals surface area (Å²) in [6, 6.07) is 3.90. The minimum atomic E-state index is -0.0294. The number of carbonyl (C=O) groups excluding carboxylic acids is 1. The summed E-state index contributed by atoms with van der Waals surface area (Å²) in [6.07, 6.45) is 0. The van der Waals surface area contributed by atoms with Gasteiger partial charge in [0.2, 0.25) is 5.78 Å². The minimum Gasteiger partial charge on any atom is -0.482 e. The van der Waals surface area contributed by atoms with Gasteiger partial charge in [-0.3, -0.25) is 4.79 Å². The van der Waals surface area contributed by atoms with Crippen molar-refractivity contribution in [2.45, 2.75) is 13.8 Å². The molecule has 0 spiro atoms. The number of ether oxygens (including phenoxy) is 2. The highest BCUT2D eigenvalue weighted by Crippen LogP contribution is 2.33. The van der Waals surface area contributed by atoms with E-state index in [1.807, 2.05) is 26.0 Å². The van der Waals surface area contributed by atoms with E-state index in [1.54, 1.807) is 0 Å². The van der Waals surface area contributed by atoms with Gasteiger partial charge in [0.1, 0.15) is 0 Å². The van der Waals surface area contributed by atoms with Crippen molar-refractivity contribution < 1.29 is 14.3 Å². The average molecular weight is 192 g/mol. The maximum absolute atomic E-state index is 11.1. The number of carbonyl (C=O) groups is 1. The zero-order valence-electron chi connectivity index (χ0n) is 8.29. The Morgan fingerprint density at radius 1 is 1.14 bits per heavy atom. The predicted molar refractivity (Wildman–Crippen MR) is 51.9 cm³/mol. The van der Waals surface area contributed by atoms with Gasteiger partial charge in [-0.2, -0.15) is 0 Å². The van der Waals surface area contributed by atoms with Gasteiger partial charge < -0.3 is 9.47 Å². The molecule has 0 unspecified atom stereocenters. The van der Waals surface area contributed by atoms with Crippen molar-refractivity contribution in [3.63, 3.8) is 0 Å². The molecule has 14 heavy (non-hydrogen) atoms. The molecule has 0 bridgehead atoms. The number of hydrogen-bond acceptors (Lipinski definition) is 3. The molecular weight excluding hydrogens is 180 g/mol. The number of rotatable bonds is 0. The lowest BCUT2D eigenvalue weighted by Gasteiger charge is -2.10. The molecule has 0 atom stereocenters. The summed E-state index contributed by atoms with van der Waals surface area (Å²) in [7, 11) is 0. The first-order chi connectivity index (χ1) is 6.66. The molecule has 0 saturated heterocycles. The Balaban J connectivity index is 2.45. The van der Waals surface area contributed by atoms with Gasteiger partial charge in [-0.15, -0.1) is 0 Å². The molecule has 0 aromatic heterocycles. The fraction of sp³-hybridized carbons (Fsp3) is 0.364. The molecule has 3 heteroatoms. The van der Waals surface area contributed by atoms with Crippen LogP contribution in [0.4, 0.5) is 0 Å². The van der Waals surface area contributed by atoms with Crippen molar-refractivity contribution in [2.24, 2.45) is 0 Å². The monoisotopic (exact) mass is 192 g/mol. The Hall–Kier alpha value is -1.51. The number of benzene rings is 1. The first-order valence-corrected chi connectivity index (χ1v) is 4.55. The molecule has 0 amide bonds. The van der Waals surface area contributed by atoms with Gasteiger partial charge in [0, 0.05) is 0 Å². The standard InChI is InChI=1S/C11H12O3/c1-7-3-8(2)11-10(4-7)13-5-9(12)6-14-11/h3-4H,5-6H2,1-2H3. The molecule has 2 rings (SSSR count). The second-order valence-corrected chi connectivity index (χ2v) is 3.53. The van der Waals surface area contributed by atoms with E-state index in [9.17, 15) is 4.79 Å². The van der Waals surface area contributed by atoms with Crippen LogP contribution in [0.15, 0.2) is 12.1 Å². The Morgan fingerprint density at radius 2 is 1.86 bits per heavy atom. The summed E-state index contributed by atoms with van der Waals surface area (Å²) in [5, 5.41) is 0. The van der Waals surface area contributed by atoms with E-state index >= 15 is 0 Å². The topological polar surface area (TPSA) is 35.5 Å². The highest BCUT2D eigenvalue weighted by molar-refractivity contribution is 5.82. The maximum Gasteiger partial charge on any atom is 0.207 e. The van der Waals surface area contributed by atoms with Gasteiger partial charge in [0.05, 0.1) is 0 Å². The zero-order chi connectivity index (χ0) is 10.1. The molecule has 0 fully saturated rings. The average Bonchev–Trinajstić information content (AvgIpc) is 2.28. The van der Waals surface area contributed by atoms with Gasteiger partial charge >= 0.3 is 0 Å². The lowest BCUT2D eigenvalue weighted by Crippen LogP contribution is -2.15. The smallest absolute Gasteiger partial charge is 0.207 e. The zero-order valence-corrected chi connectivity index (χ0v) is 8.29. The Bertz CT molecular complexity index is 382. The normalized spacial score (nSPS) is 15.1. The van der Waals surface area contributed by atoms with Crippen molar-refractivity contribution >= 4 is 5.78 Å². The molecule has 3 nitrogen and oxygen atoms in total. The minimum absolute atomic E-state index is 0.0294. The third-order valence-electron chi connectivity index (χ3n) is 2.15. The van der Waals surface area contributed by atoms with Gasteiger partial charge in [-0.1, -0.05) is 6.07 Å². The molecule has 1 heterocycles. The molecule has 1 aromatic carbocycles. The van der Waals surface area contributed by atoms with Crippen LogP contribution in [-0.2, 0) is 4.79 Å². The number of ketones is 1. The van der Waals surface area contributed by atoms with E-state index in [1.165, 1.54) is 0 Å². The van der Waals surface area contributed by atoms with Crippen LogP contribution in [0.25, 0.3) is 0 Å². The Morgan fingerprint density at radius 3 is 2.64 bits per heavy atom. The molecule has 0 saturated carbocycles. The summed E-state index contributed by atoms with van der Waals surface area (Å²) in [5.41, 5.74) is 2.12. The van der Waals surface area contributed by atoms with E-state index in [4.69, 9.17) is 9.47 Å². The van der Waals surface area contributed by atoms with E-state index in [0.29, 0.717) is 11.5 Å². The number of fused-ring (bicyclic) bond motifs is 1. The van der Waals surface area contributed by atoms with Gasteiger partial charge in [-0.05, 0) is 31.0 Å². The second-order valence-electron chi connectivity index (χ2n) is 3.53. The number of Topliss-reactive ketones (excluding diaryl/α,β-unsaturated/α-hetero) is 1. The van der Waals surface area contributed by atoms with E-state index < -0.39 is 0 Å². The fourth-order valence-electron chi connectivity index (χ4n) is 1.56. The SMILES string of the molecule is Cc1cc(C)c2c(c1)OCC(=O)CO2. The Kier molecular flexibility index (Phi) is 2.15. The second kappa shape index (κ2) is 3.33. The van der Waals surface area contributed by atoms with Crippen LogP contribution in [0.1, 0.15) is 11.1 Å². The van der Waals surface area contributed by atoms with E-state index in [2.05, 4.69) is 0 Å². The molecule has 1 aliphatic heterocycles. The van der Waals surface area contributed by atoms with Crippen molar-refractivity contribution in [2.75, 3.05) is 13.2 Å². The number of aryl methyl sites for hydroxylation is 2. The summed E-state index contributed by atoms with van der Waals surface area (Å²) in [5.74, 6) is 1.34. The highest BCUT2D eigenvalue weighted by atomic mass is 16.5. The third kappa shape index (κ3) is 1.58. The largest absolute Gasteiger partial charge is 0.482 e. The molecule has 1 aromatic rings. The number of hydrogen-bond donors (Lipinski definition) is 0. The lowest BCUT2D eigenvalue weighted by atomic mass is 10.1. The van der Waals surface area contributed by atoms with E-state index in [-0.39, 0.29) is 19.0 Å². The van der Waals surface area contributed by atoms with Crippen LogP contribution >= 0.6 is 0 Å². The van der Waals surface area contributed by atoms with Crippen molar-refractivity contribution in [3.8, 4) is 11.5 Å². The fourth-order valence-corrected chi connectivity index (χ4v) is 1.56. The first kappa shape index (κ1) is 9.06. The van der Waals surface area contributed by atoms with Crippen LogP contribution in [0.5, 0.6) is 11.5 Å². The molecule has 0 aliphatic carbocycles. The predicted octanol–water partition coefficient (Wildman–Crippen LogP) is 1.64. The highest BCUT2D eigenvalue weighted by Gasteiger charge is 2.17. The maximum atomic E-state index is 11.1. The first-order valence-electron chi connectivity index (χ1n) is 4.55. The summed E-state index contributed by atoms with van der Waals surface area (Å²) >= 11 is 0. The van der Waals surface area contributed by atoms with Crippen LogP contribution in [-0.4, -0.2) is 19.0 Å². The summed E-state index contributed by atoms with van der Waals surface area (Å²) in [6.45, 7) is 4.15. The van der Waals surface area contributed by atoms with Crippen LogP contribution in [0.3, 0.4) is 0 Å². The van der Waals surface area contributed by atoms with Crippen molar-refractivity contribution in [1.29, 1.82) is 0 Å². The van der Waals surface area contributed by atoms with Gasteiger partial charge in [0.25, 0.3) is 0 Å². The molecule has 0 N–H and O–H groups in total. The molecular formula is C11H12O3. The Labute approximate surface area is 82.6 Å². The van der Waals surface area contributed by atoms with Crippen LogP contribution in [0, 0.1) is 13.8 Å². The summed E-state index contributed by atoms with van der Waals surface area (Å²) < 4.78 is 10.7. The van der Waals surface area contributed by atoms with Gasteiger partial charge in [-0.25, -0.2) is 0 Å². The quantitative estimate of drug-likeness (QED) is 0.627. The van der Waals surface area contributed by atoms with E-state index in [0.717, 1.165) is 11.1 Å². The summed E-state index contributed by atoms with van der Waals surface area (Å²) in [4.78, 5) is 11.1. The van der Waals surface area contributed by atoms with Crippen LogP contribution in [0.2, 0.25) is 0 Å². The van der Waals surface area contributed by atoms with Crippen molar-refractivity contribution in [1.82, 2.24) is 0 Å². The molecule has 74 valence electrons. The van der Waals surface area contributed by atoms with Crippen LogP contribution < -0.4 is 9.47 Å². The van der Waals surface area contributed by atoms with Crippen molar-refractivity contribution in [3.05, 3.63) is 23.3 Å². The third-order valence-corrected chi connectivity index (χ3v) is 2.15. The van der Waals surface area contributed by atoms with Gasteiger partial charge in [0.15, 0.2) is 24.7 Å². The molecule has 0 radical (unpaired) electrons. The molecule has 1 aliphatic rings. The lowest BCUT2D eigenvalue weighted by molar-refractivity contribution is -0.122.